The molecule has 0 N–H and O–H groups in total. The van der Waals surface area contributed by atoms with Gasteiger partial charge in [-0.15, -0.1) is 0 Å². The fraction of sp³-hybridized carbons (Fsp3) is 0.0833. The lowest BCUT2D eigenvalue weighted by Gasteiger charge is -2.00. The molecule has 0 unspecified atom stereocenters. The highest BCUT2D eigenvalue weighted by Gasteiger charge is 2.01. The van der Waals surface area contributed by atoms with E-state index in [2.05, 4.69) is 9.97 Å². The van der Waals surface area contributed by atoms with E-state index in [1.165, 1.54) is 0 Å². The Morgan fingerprint density at radius 3 is 2.87 bits per heavy atom. The van der Waals surface area contributed by atoms with E-state index in [0.717, 1.165) is 11.1 Å². The summed E-state index contributed by atoms with van der Waals surface area (Å²) in [5.74, 6) is 0.595. The fourth-order valence-corrected chi connectivity index (χ4v) is 1.34. The third-order valence-corrected chi connectivity index (χ3v) is 2.05. The van der Waals surface area contributed by atoms with Crippen LogP contribution in [0.3, 0.4) is 0 Å². The number of aromatic nitrogens is 2. The molecule has 0 aliphatic rings. The van der Waals surface area contributed by atoms with Gasteiger partial charge in [0.2, 0.25) is 0 Å². The lowest BCUT2D eigenvalue weighted by molar-refractivity contribution is 1.15. The van der Waals surface area contributed by atoms with Gasteiger partial charge in [-0.2, -0.15) is 5.26 Å². The number of aryl methyl sites for hydroxylation is 1. The van der Waals surface area contributed by atoms with E-state index in [4.69, 9.17) is 5.26 Å². The van der Waals surface area contributed by atoms with E-state index < -0.39 is 0 Å². The van der Waals surface area contributed by atoms with Crippen LogP contribution in [0.15, 0.2) is 36.5 Å². The van der Waals surface area contributed by atoms with E-state index in [1.54, 1.807) is 12.3 Å². The largest absolute Gasteiger partial charge is 0.236 e. The third kappa shape index (κ3) is 2.00. The van der Waals surface area contributed by atoms with Crippen molar-refractivity contribution in [1.82, 2.24) is 9.97 Å². The molecule has 72 valence electrons. The van der Waals surface area contributed by atoms with Crippen LogP contribution in [0.1, 0.15) is 11.3 Å². The van der Waals surface area contributed by atoms with Crippen LogP contribution in [0, 0.1) is 18.3 Å². The van der Waals surface area contributed by atoms with Crippen molar-refractivity contribution in [2.75, 3.05) is 0 Å². The Labute approximate surface area is 88.1 Å². The molecule has 1 aromatic carbocycles. The molecule has 0 aliphatic carbocycles. The van der Waals surface area contributed by atoms with Gasteiger partial charge in [-0.25, -0.2) is 9.97 Å². The molecular formula is C12H9N3. The molecule has 1 aromatic heterocycles. The van der Waals surface area contributed by atoms with Gasteiger partial charge in [0.05, 0.1) is 0 Å². The minimum absolute atomic E-state index is 0.390. The zero-order chi connectivity index (χ0) is 10.7. The first-order chi connectivity index (χ1) is 7.29. The lowest BCUT2D eigenvalue weighted by atomic mass is 10.1. The normalized spacial score (nSPS) is 9.60. The summed E-state index contributed by atoms with van der Waals surface area (Å²) in [5.41, 5.74) is 2.48. The average molecular weight is 195 g/mol. The monoisotopic (exact) mass is 195 g/mol. The van der Waals surface area contributed by atoms with Gasteiger partial charge in [-0.3, -0.25) is 0 Å². The summed E-state index contributed by atoms with van der Waals surface area (Å²) >= 11 is 0. The molecule has 0 amide bonds. The van der Waals surface area contributed by atoms with Crippen LogP contribution in [0.4, 0.5) is 0 Å². The molecule has 0 radical (unpaired) electrons. The van der Waals surface area contributed by atoms with Crippen molar-refractivity contribution in [3.63, 3.8) is 0 Å². The summed E-state index contributed by atoms with van der Waals surface area (Å²) in [7, 11) is 0. The highest BCUT2D eigenvalue weighted by molar-refractivity contribution is 5.56. The second-order valence-corrected chi connectivity index (χ2v) is 3.25. The number of rotatable bonds is 1. The summed E-state index contributed by atoms with van der Waals surface area (Å²) < 4.78 is 0. The Hall–Kier alpha value is -2.21. The minimum atomic E-state index is 0.390. The summed E-state index contributed by atoms with van der Waals surface area (Å²) in [6, 6.07) is 11.5. The second kappa shape index (κ2) is 3.89. The predicted octanol–water partition coefficient (Wildman–Crippen LogP) is 2.32. The molecule has 3 nitrogen and oxygen atoms in total. The molecular weight excluding hydrogens is 186 g/mol. The summed E-state index contributed by atoms with van der Waals surface area (Å²) in [5, 5.41) is 8.72. The molecule has 15 heavy (non-hydrogen) atoms. The maximum atomic E-state index is 8.72. The molecule has 2 aromatic rings. The lowest BCUT2D eigenvalue weighted by Crippen LogP contribution is -1.91. The second-order valence-electron chi connectivity index (χ2n) is 3.25. The van der Waals surface area contributed by atoms with Crippen molar-refractivity contribution >= 4 is 0 Å². The van der Waals surface area contributed by atoms with Gasteiger partial charge >= 0.3 is 0 Å². The van der Waals surface area contributed by atoms with Crippen molar-refractivity contribution < 1.29 is 0 Å². The SMILES string of the molecule is Cc1cccc(-c2nccc(C#N)n2)c1. The molecule has 0 bridgehead atoms. The van der Waals surface area contributed by atoms with Gasteiger partial charge in [0.25, 0.3) is 0 Å². The van der Waals surface area contributed by atoms with Crippen LogP contribution in [0.5, 0.6) is 0 Å². The van der Waals surface area contributed by atoms with Gasteiger partial charge < -0.3 is 0 Å². The highest BCUT2D eigenvalue weighted by Crippen LogP contribution is 2.15. The van der Waals surface area contributed by atoms with Gasteiger partial charge in [0.15, 0.2) is 5.82 Å². The van der Waals surface area contributed by atoms with E-state index in [1.807, 2.05) is 37.3 Å². The summed E-state index contributed by atoms with van der Waals surface area (Å²) in [4.78, 5) is 8.27. The zero-order valence-electron chi connectivity index (χ0n) is 8.31. The van der Waals surface area contributed by atoms with Crippen LogP contribution in [0.25, 0.3) is 11.4 Å². The predicted molar refractivity (Wildman–Crippen MR) is 56.9 cm³/mol. The van der Waals surface area contributed by atoms with Gasteiger partial charge in [-0.1, -0.05) is 23.8 Å². The molecule has 3 heteroatoms. The molecule has 0 spiro atoms. The van der Waals surface area contributed by atoms with Gasteiger partial charge in [0.1, 0.15) is 11.8 Å². The van der Waals surface area contributed by atoms with Crippen LogP contribution >= 0.6 is 0 Å². The Balaban J connectivity index is 2.50. The average Bonchev–Trinajstić information content (AvgIpc) is 2.29. The number of nitriles is 1. The Bertz CT molecular complexity index is 526. The summed E-state index contributed by atoms with van der Waals surface area (Å²) in [6.45, 7) is 2.01. The molecule has 0 atom stereocenters. The maximum Gasteiger partial charge on any atom is 0.160 e. The number of benzene rings is 1. The highest BCUT2D eigenvalue weighted by atomic mass is 14.9. The first-order valence-corrected chi connectivity index (χ1v) is 4.60. The molecule has 1 heterocycles. The van der Waals surface area contributed by atoms with Crippen molar-refractivity contribution in [1.29, 1.82) is 5.26 Å². The van der Waals surface area contributed by atoms with Crippen molar-refractivity contribution in [2.45, 2.75) is 6.92 Å². The van der Waals surface area contributed by atoms with Crippen LogP contribution in [-0.2, 0) is 0 Å². The minimum Gasteiger partial charge on any atom is -0.236 e. The number of hydrogen-bond donors (Lipinski definition) is 0. The van der Waals surface area contributed by atoms with Crippen LogP contribution < -0.4 is 0 Å². The standard InChI is InChI=1S/C12H9N3/c1-9-3-2-4-10(7-9)12-14-6-5-11(8-13)15-12/h2-7H,1H3. The van der Waals surface area contributed by atoms with Gasteiger partial charge in [-0.05, 0) is 19.1 Å². The topological polar surface area (TPSA) is 49.6 Å². The van der Waals surface area contributed by atoms with E-state index >= 15 is 0 Å². The first kappa shape index (κ1) is 9.35. The van der Waals surface area contributed by atoms with E-state index in [-0.39, 0.29) is 0 Å². The number of nitrogens with zero attached hydrogens (tertiary/aromatic N) is 3. The quantitative estimate of drug-likeness (QED) is 0.701. The fourth-order valence-electron chi connectivity index (χ4n) is 1.34. The smallest absolute Gasteiger partial charge is 0.160 e. The third-order valence-electron chi connectivity index (χ3n) is 2.05. The van der Waals surface area contributed by atoms with Crippen LogP contribution in [0.2, 0.25) is 0 Å². The van der Waals surface area contributed by atoms with E-state index in [9.17, 15) is 0 Å². The molecule has 0 saturated heterocycles. The Morgan fingerprint density at radius 2 is 2.13 bits per heavy atom. The number of hydrogen-bond acceptors (Lipinski definition) is 3. The molecule has 0 saturated carbocycles. The Morgan fingerprint density at radius 1 is 1.27 bits per heavy atom. The van der Waals surface area contributed by atoms with Crippen molar-refractivity contribution in [3.05, 3.63) is 47.8 Å². The Kier molecular flexibility index (Phi) is 2.42. The van der Waals surface area contributed by atoms with Crippen molar-refractivity contribution in [3.8, 4) is 17.5 Å². The van der Waals surface area contributed by atoms with E-state index in [0.29, 0.717) is 11.5 Å². The molecule has 0 fully saturated rings. The van der Waals surface area contributed by atoms with Crippen LogP contribution in [-0.4, -0.2) is 9.97 Å². The summed E-state index contributed by atoms with van der Waals surface area (Å²) in [6.07, 6.45) is 1.60. The molecule has 0 aliphatic heterocycles. The van der Waals surface area contributed by atoms with Crippen molar-refractivity contribution in [2.24, 2.45) is 0 Å². The zero-order valence-corrected chi connectivity index (χ0v) is 8.31. The van der Waals surface area contributed by atoms with Gasteiger partial charge in [0, 0.05) is 11.8 Å². The molecule has 2 rings (SSSR count). The first-order valence-electron chi connectivity index (χ1n) is 4.60. The maximum absolute atomic E-state index is 8.72.